The third kappa shape index (κ3) is 2.74. The Labute approximate surface area is 110 Å². The second kappa shape index (κ2) is 5.83. The Hall–Kier alpha value is -0.900. The number of hydrogen-bond acceptors (Lipinski definition) is 2. The minimum atomic E-state index is -1.11. The van der Waals surface area contributed by atoms with Gasteiger partial charge in [-0.1, -0.05) is 26.2 Å². The molecule has 0 radical (unpaired) electrons. The Morgan fingerprint density at radius 2 is 2.11 bits per heavy atom. The lowest BCUT2D eigenvalue weighted by molar-refractivity contribution is 0.355. The zero-order valence-corrected chi connectivity index (χ0v) is 11.5. The van der Waals surface area contributed by atoms with Gasteiger partial charge >= 0.3 is 0 Å². The molecule has 3 unspecified atom stereocenters. The van der Waals surface area contributed by atoms with Gasteiger partial charge in [0.25, 0.3) is 0 Å². The zero-order valence-electron chi connectivity index (χ0n) is 10.7. The normalized spacial score (nSPS) is 25.9. The monoisotopic (exact) mass is 269 g/mol. The Balaban J connectivity index is 2.24. The lowest BCUT2D eigenvalue weighted by Crippen LogP contribution is -2.29. The second-order valence-electron chi connectivity index (χ2n) is 4.97. The Kier molecular flexibility index (Phi) is 4.38. The molecule has 100 valence electrons. The average molecular weight is 269 g/mol. The molecule has 2 N–H and O–H groups in total. The van der Waals surface area contributed by atoms with E-state index in [1.54, 1.807) is 6.07 Å². The van der Waals surface area contributed by atoms with Crippen LogP contribution in [0.15, 0.2) is 23.1 Å². The van der Waals surface area contributed by atoms with E-state index in [0.29, 0.717) is 16.5 Å². The fourth-order valence-corrected chi connectivity index (χ4v) is 4.67. The van der Waals surface area contributed by atoms with E-state index in [2.05, 4.69) is 6.92 Å². The molecule has 2 rings (SSSR count). The average Bonchev–Trinajstić information content (AvgIpc) is 2.38. The van der Waals surface area contributed by atoms with Crippen LogP contribution in [0.1, 0.15) is 39.0 Å². The van der Waals surface area contributed by atoms with E-state index in [-0.39, 0.29) is 11.1 Å². The van der Waals surface area contributed by atoms with Crippen molar-refractivity contribution in [2.75, 3.05) is 5.73 Å². The molecule has 1 aliphatic rings. The van der Waals surface area contributed by atoms with Gasteiger partial charge in [-0.15, -0.1) is 0 Å². The minimum Gasteiger partial charge on any atom is -0.398 e. The van der Waals surface area contributed by atoms with Gasteiger partial charge in [-0.3, -0.25) is 4.21 Å². The fourth-order valence-electron chi connectivity index (χ4n) is 2.79. The molecular formula is C14H20FNOS. The molecule has 0 bridgehead atoms. The first-order valence-electron chi connectivity index (χ1n) is 6.59. The van der Waals surface area contributed by atoms with Gasteiger partial charge in [-0.25, -0.2) is 4.39 Å². The van der Waals surface area contributed by atoms with Gasteiger partial charge in [0, 0.05) is 5.25 Å². The standard InChI is InChI=1S/C14H20FNOS/c1-2-10-5-3-4-6-13(10)18(17)14-8-7-11(15)9-12(14)16/h7-10,13H,2-6,16H2,1H3. The second-order valence-corrected chi connectivity index (χ2v) is 6.61. The molecule has 1 aromatic rings. The molecule has 0 aromatic heterocycles. The minimum absolute atomic E-state index is 0.177. The fraction of sp³-hybridized carbons (Fsp3) is 0.571. The molecule has 1 fully saturated rings. The quantitative estimate of drug-likeness (QED) is 0.854. The van der Waals surface area contributed by atoms with Gasteiger partial charge in [-0.2, -0.15) is 0 Å². The summed E-state index contributed by atoms with van der Waals surface area (Å²) in [6.45, 7) is 2.15. The molecule has 2 nitrogen and oxygen atoms in total. The third-order valence-electron chi connectivity index (χ3n) is 3.83. The van der Waals surface area contributed by atoms with Crippen molar-refractivity contribution in [1.82, 2.24) is 0 Å². The SMILES string of the molecule is CCC1CCCCC1S(=O)c1ccc(F)cc1N. The highest BCUT2D eigenvalue weighted by atomic mass is 32.2. The first-order valence-corrected chi connectivity index (χ1v) is 7.80. The van der Waals surface area contributed by atoms with Crippen molar-refractivity contribution < 1.29 is 8.60 Å². The van der Waals surface area contributed by atoms with Crippen molar-refractivity contribution in [2.45, 2.75) is 49.2 Å². The highest BCUT2D eigenvalue weighted by molar-refractivity contribution is 7.85. The summed E-state index contributed by atoms with van der Waals surface area (Å²) in [7, 11) is -1.11. The topological polar surface area (TPSA) is 43.1 Å². The number of rotatable bonds is 3. The van der Waals surface area contributed by atoms with Gasteiger partial charge in [0.15, 0.2) is 0 Å². The van der Waals surface area contributed by atoms with Crippen LogP contribution in [-0.2, 0) is 10.8 Å². The predicted octanol–water partition coefficient (Wildman–Crippen LogP) is 3.48. The summed E-state index contributed by atoms with van der Waals surface area (Å²) in [5, 5.41) is 0.177. The van der Waals surface area contributed by atoms with Gasteiger partial charge in [0.2, 0.25) is 0 Å². The van der Waals surface area contributed by atoms with Crippen LogP contribution < -0.4 is 5.73 Å². The predicted molar refractivity (Wildman–Crippen MR) is 73.3 cm³/mol. The van der Waals surface area contributed by atoms with Crippen LogP contribution in [0, 0.1) is 11.7 Å². The molecular weight excluding hydrogens is 249 g/mol. The molecule has 1 saturated carbocycles. The summed E-state index contributed by atoms with van der Waals surface area (Å²) in [5.41, 5.74) is 6.10. The summed E-state index contributed by atoms with van der Waals surface area (Å²) in [4.78, 5) is 0.599. The van der Waals surface area contributed by atoms with Crippen molar-refractivity contribution in [3.63, 3.8) is 0 Å². The molecule has 0 spiro atoms. The van der Waals surface area contributed by atoms with Crippen LogP contribution >= 0.6 is 0 Å². The molecule has 0 saturated heterocycles. The van der Waals surface area contributed by atoms with E-state index in [4.69, 9.17) is 5.73 Å². The first-order chi connectivity index (χ1) is 8.63. The number of nitrogens with two attached hydrogens (primary N) is 1. The number of anilines is 1. The molecule has 0 amide bonds. The summed E-state index contributed by atoms with van der Waals surface area (Å²) in [5.74, 6) is 0.132. The van der Waals surface area contributed by atoms with Crippen LogP contribution in [-0.4, -0.2) is 9.46 Å². The summed E-state index contributed by atoms with van der Waals surface area (Å²) >= 11 is 0. The lowest BCUT2D eigenvalue weighted by atomic mass is 9.87. The number of nitrogen functional groups attached to an aromatic ring is 1. The highest BCUT2D eigenvalue weighted by Crippen LogP contribution is 2.34. The van der Waals surface area contributed by atoms with E-state index in [1.807, 2.05) is 0 Å². The lowest BCUT2D eigenvalue weighted by Gasteiger charge is -2.30. The molecule has 0 aliphatic heterocycles. The van der Waals surface area contributed by atoms with Crippen molar-refractivity contribution in [1.29, 1.82) is 0 Å². The van der Waals surface area contributed by atoms with E-state index in [1.165, 1.54) is 18.6 Å². The molecule has 0 heterocycles. The van der Waals surface area contributed by atoms with Crippen LogP contribution in [0.2, 0.25) is 0 Å². The molecule has 4 heteroatoms. The first kappa shape index (κ1) is 13.5. The van der Waals surface area contributed by atoms with Crippen LogP contribution in [0.4, 0.5) is 10.1 Å². The van der Waals surface area contributed by atoms with Gasteiger partial charge in [0.1, 0.15) is 5.82 Å². The van der Waals surface area contributed by atoms with Crippen molar-refractivity contribution in [3.8, 4) is 0 Å². The van der Waals surface area contributed by atoms with Crippen LogP contribution in [0.5, 0.6) is 0 Å². The summed E-state index contributed by atoms with van der Waals surface area (Å²) in [6, 6.07) is 4.17. The van der Waals surface area contributed by atoms with E-state index >= 15 is 0 Å². The zero-order chi connectivity index (χ0) is 13.1. The van der Waals surface area contributed by atoms with E-state index < -0.39 is 10.8 Å². The van der Waals surface area contributed by atoms with Crippen molar-refractivity contribution in [2.24, 2.45) is 5.92 Å². The highest BCUT2D eigenvalue weighted by Gasteiger charge is 2.30. The largest absolute Gasteiger partial charge is 0.398 e. The maximum Gasteiger partial charge on any atom is 0.125 e. The van der Waals surface area contributed by atoms with Crippen LogP contribution in [0.3, 0.4) is 0 Å². The summed E-state index contributed by atoms with van der Waals surface area (Å²) < 4.78 is 25.6. The van der Waals surface area contributed by atoms with Crippen molar-refractivity contribution >= 4 is 16.5 Å². The summed E-state index contributed by atoms with van der Waals surface area (Å²) in [6.07, 6.45) is 5.55. The number of halogens is 1. The van der Waals surface area contributed by atoms with E-state index in [9.17, 15) is 8.60 Å². The molecule has 18 heavy (non-hydrogen) atoms. The van der Waals surface area contributed by atoms with Gasteiger partial charge in [-0.05, 0) is 37.0 Å². The van der Waals surface area contributed by atoms with Crippen molar-refractivity contribution in [3.05, 3.63) is 24.0 Å². The Morgan fingerprint density at radius 3 is 2.78 bits per heavy atom. The smallest absolute Gasteiger partial charge is 0.125 e. The molecule has 1 aromatic carbocycles. The number of benzene rings is 1. The van der Waals surface area contributed by atoms with Gasteiger partial charge in [0.05, 0.1) is 21.4 Å². The Bertz CT molecular complexity index is 449. The third-order valence-corrected chi connectivity index (χ3v) is 5.80. The van der Waals surface area contributed by atoms with Gasteiger partial charge < -0.3 is 5.73 Å². The molecule has 3 atom stereocenters. The number of hydrogen-bond donors (Lipinski definition) is 1. The maximum absolute atomic E-state index is 13.0. The van der Waals surface area contributed by atoms with E-state index in [0.717, 1.165) is 25.7 Å². The van der Waals surface area contributed by atoms with Crippen LogP contribution in [0.25, 0.3) is 0 Å². The Morgan fingerprint density at radius 1 is 1.39 bits per heavy atom. The molecule has 1 aliphatic carbocycles. The maximum atomic E-state index is 13.0.